The molecule has 0 aromatic heterocycles. The summed E-state index contributed by atoms with van der Waals surface area (Å²) in [7, 11) is 0. The molecule has 0 amide bonds. The van der Waals surface area contributed by atoms with E-state index in [9.17, 15) is 0 Å². The third-order valence-corrected chi connectivity index (χ3v) is 5.28. The highest BCUT2D eigenvalue weighted by Gasteiger charge is 2.38. The van der Waals surface area contributed by atoms with Crippen molar-refractivity contribution in [2.45, 2.75) is 57.7 Å². The minimum atomic E-state index is 0.699. The van der Waals surface area contributed by atoms with E-state index in [0.717, 1.165) is 18.0 Å². The predicted molar refractivity (Wildman–Crippen MR) is 75.8 cm³/mol. The maximum absolute atomic E-state index is 3.67. The summed E-state index contributed by atoms with van der Waals surface area (Å²) < 4.78 is 0. The number of hydrogen-bond acceptors (Lipinski definition) is 3. The standard InChI is InChI=1S/C15H29N3/c1-12(2)18(11-14-4-3-7-16-14)15-6-9-17-8-5-13(15)10-17/h12-16H,3-11H2,1-2H3. The van der Waals surface area contributed by atoms with Crippen LogP contribution in [0.3, 0.4) is 0 Å². The van der Waals surface area contributed by atoms with Crippen molar-refractivity contribution < 1.29 is 0 Å². The van der Waals surface area contributed by atoms with Crippen molar-refractivity contribution in [2.75, 3.05) is 32.7 Å². The second kappa shape index (κ2) is 5.48. The predicted octanol–water partition coefficient (Wildman–Crippen LogP) is 1.54. The molecule has 3 saturated heterocycles. The Labute approximate surface area is 112 Å². The molecule has 104 valence electrons. The van der Waals surface area contributed by atoms with E-state index in [0.29, 0.717) is 6.04 Å². The van der Waals surface area contributed by atoms with Gasteiger partial charge in [-0.05, 0) is 65.1 Å². The summed E-state index contributed by atoms with van der Waals surface area (Å²) in [4.78, 5) is 5.48. The van der Waals surface area contributed by atoms with E-state index < -0.39 is 0 Å². The van der Waals surface area contributed by atoms with Crippen LogP contribution in [-0.2, 0) is 0 Å². The molecule has 2 bridgehead atoms. The molecule has 3 fully saturated rings. The van der Waals surface area contributed by atoms with E-state index in [1.165, 1.54) is 58.4 Å². The van der Waals surface area contributed by atoms with Crippen molar-refractivity contribution in [3.63, 3.8) is 0 Å². The summed E-state index contributed by atoms with van der Waals surface area (Å²) in [5.74, 6) is 0.947. The highest BCUT2D eigenvalue weighted by atomic mass is 15.3. The van der Waals surface area contributed by atoms with Gasteiger partial charge in [-0.3, -0.25) is 4.90 Å². The fraction of sp³-hybridized carbons (Fsp3) is 1.00. The van der Waals surface area contributed by atoms with Crippen molar-refractivity contribution >= 4 is 0 Å². The van der Waals surface area contributed by atoms with Gasteiger partial charge in [0.25, 0.3) is 0 Å². The molecule has 0 aromatic carbocycles. The maximum atomic E-state index is 3.67. The summed E-state index contributed by atoms with van der Waals surface area (Å²) in [5.41, 5.74) is 0. The summed E-state index contributed by atoms with van der Waals surface area (Å²) in [6.45, 7) is 11.3. The first-order valence-corrected chi connectivity index (χ1v) is 7.95. The largest absolute Gasteiger partial charge is 0.313 e. The molecule has 3 heterocycles. The number of nitrogens with zero attached hydrogens (tertiary/aromatic N) is 2. The topological polar surface area (TPSA) is 18.5 Å². The molecule has 4 atom stereocenters. The minimum absolute atomic E-state index is 0.699. The molecule has 3 nitrogen and oxygen atoms in total. The van der Waals surface area contributed by atoms with Crippen molar-refractivity contribution in [1.82, 2.24) is 15.1 Å². The van der Waals surface area contributed by atoms with Gasteiger partial charge in [0.2, 0.25) is 0 Å². The second-order valence-electron chi connectivity index (χ2n) is 6.79. The average Bonchev–Trinajstić information content (AvgIpc) is 2.98. The van der Waals surface area contributed by atoms with E-state index in [1.807, 2.05) is 0 Å². The van der Waals surface area contributed by atoms with Gasteiger partial charge in [0, 0.05) is 31.2 Å². The lowest BCUT2D eigenvalue weighted by Gasteiger charge is -2.42. The van der Waals surface area contributed by atoms with Crippen LogP contribution in [0.25, 0.3) is 0 Å². The molecule has 3 rings (SSSR count). The summed E-state index contributed by atoms with van der Waals surface area (Å²) in [6, 6.07) is 2.31. The molecule has 3 aliphatic rings. The SMILES string of the molecule is CC(C)N(CC1CCCN1)C1CCN2CCC1C2. The van der Waals surface area contributed by atoms with Gasteiger partial charge >= 0.3 is 0 Å². The normalized spacial score (nSPS) is 40.0. The zero-order valence-corrected chi connectivity index (χ0v) is 12.1. The first-order valence-electron chi connectivity index (χ1n) is 7.95. The summed E-state index contributed by atoms with van der Waals surface area (Å²) in [5, 5.41) is 3.67. The fourth-order valence-electron chi connectivity index (χ4n) is 4.26. The van der Waals surface area contributed by atoms with Crippen LogP contribution in [0.5, 0.6) is 0 Å². The van der Waals surface area contributed by atoms with Gasteiger partial charge in [-0.25, -0.2) is 0 Å². The summed E-state index contributed by atoms with van der Waals surface area (Å²) in [6.07, 6.45) is 5.59. The molecule has 3 heteroatoms. The molecule has 1 N–H and O–H groups in total. The van der Waals surface area contributed by atoms with E-state index in [2.05, 4.69) is 29.0 Å². The van der Waals surface area contributed by atoms with Crippen LogP contribution in [0.2, 0.25) is 0 Å². The molecule has 4 unspecified atom stereocenters. The summed E-state index contributed by atoms with van der Waals surface area (Å²) >= 11 is 0. The van der Waals surface area contributed by atoms with Crippen molar-refractivity contribution in [3.05, 3.63) is 0 Å². The van der Waals surface area contributed by atoms with Gasteiger partial charge in [0.1, 0.15) is 0 Å². The molecule has 0 spiro atoms. The number of piperidine rings is 1. The first kappa shape index (κ1) is 12.9. The maximum Gasteiger partial charge on any atom is 0.0195 e. The first-order chi connectivity index (χ1) is 8.74. The van der Waals surface area contributed by atoms with E-state index in [-0.39, 0.29) is 0 Å². The van der Waals surface area contributed by atoms with Gasteiger partial charge in [-0.1, -0.05) is 0 Å². The zero-order chi connectivity index (χ0) is 12.5. The van der Waals surface area contributed by atoms with Crippen LogP contribution in [0.1, 0.15) is 39.5 Å². The van der Waals surface area contributed by atoms with E-state index in [1.54, 1.807) is 0 Å². The molecule has 0 aliphatic carbocycles. The Bertz CT molecular complexity index is 273. The number of rotatable bonds is 4. The van der Waals surface area contributed by atoms with Crippen LogP contribution in [0.4, 0.5) is 0 Å². The number of hydrogen-bond donors (Lipinski definition) is 1. The zero-order valence-electron chi connectivity index (χ0n) is 12.1. The van der Waals surface area contributed by atoms with Gasteiger partial charge < -0.3 is 10.2 Å². The second-order valence-corrected chi connectivity index (χ2v) is 6.79. The lowest BCUT2D eigenvalue weighted by Crippen LogP contribution is -2.52. The molecular formula is C15H29N3. The van der Waals surface area contributed by atoms with Gasteiger partial charge in [-0.2, -0.15) is 0 Å². The molecule has 0 aromatic rings. The molecule has 18 heavy (non-hydrogen) atoms. The van der Waals surface area contributed by atoms with Crippen LogP contribution < -0.4 is 5.32 Å². The Morgan fingerprint density at radius 2 is 2.06 bits per heavy atom. The third kappa shape index (κ3) is 2.59. The smallest absolute Gasteiger partial charge is 0.0195 e. The Kier molecular flexibility index (Phi) is 3.92. The molecule has 0 saturated carbocycles. The molecule has 3 aliphatic heterocycles. The van der Waals surface area contributed by atoms with Crippen LogP contribution >= 0.6 is 0 Å². The quantitative estimate of drug-likeness (QED) is 0.818. The van der Waals surface area contributed by atoms with Crippen LogP contribution in [0, 0.1) is 5.92 Å². The highest BCUT2D eigenvalue weighted by molar-refractivity contribution is 4.94. The van der Waals surface area contributed by atoms with Gasteiger partial charge in [0.15, 0.2) is 0 Å². The van der Waals surface area contributed by atoms with Crippen molar-refractivity contribution in [3.8, 4) is 0 Å². The number of nitrogens with one attached hydrogen (secondary N) is 1. The van der Waals surface area contributed by atoms with Crippen molar-refractivity contribution in [1.29, 1.82) is 0 Å². The molecule has 0 radical (unpaired) electrons. The highest BCUT2D eigenvalue weighted by Crippen LogP contribution is 2.32. The minimum Gasteiger partial charge on any atom is -0.313 e. The molecular weight excluding hydrogens is 222 g/mol. The van der Waals surface area contributed by atoms with Crippen LogP contribution in [0.15, 0.2) is 0 Å². The van der Waals surface area contributed by atoms with E-state index >= 15 is 0 Å². The third-order valence-electron chi connectivity index (χ3n) is 5.28. The lowest BCUT2D eigenvalue weighted by molar-refractivity contribution is 0.0668. The Morgan fingerprint density at radius 3 is 2.78 bits per heavy atom. The van der Waals surface area contributed by atoms with Crippen LogP contribution in [-0.4, -0.2) is 60.6 Å². The lowest BCUT2D eigenvalue weighted by atomic mass is 9.91. The Morgan fingerprint density at radius 1 is 1.22 bits per heavy atom. The Hall–Kier alpha value is -0.120. The monoisotopic (exact) mass is 251 g/mol. The van der Waals surface area contributed by atoms with Crippen molar-refractivity contribution in [2.24, 2.45) is 5.92 Å². The fourth-order valence-corrected chi connectivity index (χ4v) is 4.26. The Balaban J connectivity index is 1.64. The van der Waals surface area contributed by atoms with E-state index in [4.69, 9.17) is 0 Å². The average molecular weight is 251 g/mol. The van der Waals surface area contributed by atoms with Gasteiger partial charge in [-0.15, -0.1) is 0 Å². The number of fused-ring (bicyclic) bond motifs is 2. The van der Waals surface area contributed by atoms with Gasteiger partial charge in [0.05, 0.1) is 0 Å².